The zero-order valence-corrected chi connectivity index (χ0v) is 16.0. The van der Waals surface area contributed by atoms with Crippen LogP contribution in [-0.2, 0) is 11.3 Å². The Balaban J connectivity index is 1.54. The van der Waals surface area contributed by atoms with Crippen molar-refractivity contribution in [1.29, 1.82) is 0 Å². The van der Waals surface area contributed by atoms with Gasteiger partial charge in [-0.2, -0.15) is 4.98 Å². The number of aryl methyl sites for hydroxylation is 1. The van der Waals surface area contributed by atoms with Crippen molar-refractivity contribution in [2.45, 2.75) is 20.4 Å². The predicted molar refractivity (Wildman–Crippen MR) is 108 cm³/mol. The van der Waals surface area contributed by atoms with E-state index in [4.69, 9.17) is 4.52 Å². The van der Waals surface area contributed by atoms with Crippen LogP contribution in [0.1, 0.15) is 11.4 Å². The maximum absolute atomic E-state index is 13.0. The second-order valence-electron chi connectivity index (χ2n) is 6.72. The Morgan fingerprint density at radius 1 is 1.10 bits per heavy atom. The molecule has 0 aliphatic heterocycles. The Morgan fingerprint density at radius 3 is 2.55 bits per heavy atom. The van der Waals surface area contributed by atoms with Crippen LogP contribution in [0.25, 0.3) is 22.8 Å². The van der Waals surface area contributed by atoms with E-state index in [0.717, 1.165) is 22.5 Å². The topological polar surface area (TPSA) is 73.0 Å². The molecule has 0 aliphatic carbocycles. The van der Waals surface area contributed by atoms with Crippen LogP contribution in [0.5, 0.6) is 0 Å². The number of nitrogens with zero attached hydrogens (tertiary/aromatic N) is 3. The fourth-order valence-corrected chi connectivity index (χ4v) is 3.18. The van der Waals surface area contributed by atoms with Crippen LogP contribution in [0.3, 0.4) is 0 Å². The van der Waals surface area contributed by atoms with Gasteiger partial charge in [0.2, 0.25) is 11.7 Å². The van der Waals surface area contributed by atoms with E-state index in [1.54, 1.807) is 0 Å². The lowest BCUT2D eigenvalue weighted by atomic mass is 10.2. The smallest absolute Gasteiger partial charge is 0.260 e. The molecule has 0 radical (unpaired) electrons. The minimum atomic E-state index is -0.348. The van der Waals surface area contributed by atoms with Crippen LogP contribution in [0.4, 0.5) is 10.1 Å². The predicted octanol–water partition coefficient (Wildman–Crippen LogP) is 4.60. The summed E-state index contributed by atoms with van der Waals surface area (Å²) in [7, 11) is 0. The molecule has 0 saturated carbocycles. The highest BCUT2D eigenvalue weighted by atomic mass is 19.1. The van der Waals surface area contributed by atoms with Gasteiger partial charge in [0.15, 0.2) is 0 Å². The van der Waals surface area contributed by atoms with Crippen LogP contribution in [-0.4, -0.2) is 20.6 Å². The van der Waals surface area contributed by atoms with Crippen molar-refractivity contribution >= 4 is 11.6 Å². The second kappa shape index (κ2) is 7.71. The fraction of sp³-hybridized carbons (Fsp3) is 0.136. The van der Waals surface area contributed by atoms with Gasteiger partial charge in [0, 0.05) is 22.6 Å². The number of nitrogens with one attached hydrogen (secondary N) is 1. The Kier molecular flexibility index (Phi) is 4.95. The summed E-state index contributed by atoms with van der Waals surface area (Å²) in [5.74, 6) is 0.362. The molecule has 0 atom stereocenters. The quantitative estimate of drug-likeness (QED) is 0.541. The average molecular weight is 390 g/mol. The first-order valence-electron chi connectivity index (χ1n) is 9.13. The van der Waals surface area contributed by atoms with E-state index >= 15 is 0 Å². The first kappa shape index (κ1) is 18.6. The van der Waals surface area contributed by atoms with Crippen LogP contribution >= 0.6 is 0 Å². The molecular weight excluding hydrogens is 371 g/mol. The molecule has 0 unspecified atom stereocenters. The lowest BCUT2D eigenvalue weighted by Gasteiger charge is -2.10. The number of halogens is 1. The van der Waals surface area contributed by atoms with Crippen molar-refractivity contribution in [2.75, 3.05) is 5.32 Å². The minimum absolute atomic E-state index is 0.120. The Morgan fingerprint density at radius 2 is 1.83 bits per heavy atom. The third kappa shape index (κ3) is 3.94. The molecular formula is C22H19FN4O2. The van der Waals surface area contributed by atoms with Crippen molar-refractivity contribution < 1.29 is 13.7 Å². The Bertz CT molecular complexity index is 1150. The number of carbonyl (C=O) groups is 1. The Labute approximate surface area is 167 Å². The summed E-state index contributed by atoms with van der Waals surface area (Å²) in [6.45, 7) is 3.94. The third-order valence-corrected chi connectivity index (χ3v) is 4.69. The molecule has 0 saturated heterocycles. The number of carbonyl (C=O) groups excluding carboxylic acids is 1. The number of anilines is 1. The number of amides is 1. The van der Waals surface area contributed by atoms with Gasteiger partial charge in [0.05, 0.1) is 5.56 Å². The summed E-state index contributed by atoms with van der Waals surface area (Å²) < 4.78 is 20.3. The van der Waals surface area contributed by atoms with Gasteiger partial charge >= 0.3 is 0 Å². The first-order chi connectivity index (χ1) is 14.0. The second-order valence-corrected chi connectivity index (χ2v) is 6.72. The minimum Gasteiger partial charge on any atom is -0.339 e. The van der Waals surface area contributed by atoms with Gasteiger partial charge in [-0.05, 0) is 44.2 Å². The van der Waals surface area contributed by atoms with Crippen molar-refractivity contribution in [1.82, 2.24) is 14.7 Å². The molecule has 0 spiro atoms. The summed E-state index contributed by atoms with van der Waals surface area (Å²) in [4.78, 5) is 16.9. The SMILES string of the molecule is Cc1cc(-c2nc(-c3ccccc3)no2)c(C)n1CC(=O)Nc1ccc(F)cc1. The van der Waals surface area contributed by atoms with E-state index in [1.165, 1.54) is 24.3 Å². The van der Waals surface area contributed by atoms with E-state index in [2.05, 4.69) is 15.5 Å². The van der Waals surface area contributed by atoms with Gasteiger partial charge in [-0.1, -0.05) is 35.5 Å². The van der Waals surface area contributed by atoms with E-state index in [9.17, 15) is 9.18 Å². The number of aromatic nitrogens is 3. The van der Waals surface area contributed by atoms with Crippen LogP contribution < -0.4 is 5.32 Å². The molecule has 0 bridgehead atoms. The van der Waals surface area contributed by atoms with Crippen LogP contribution in [0.2, 0.25) is 0 Å². The Hall–Kier alpha value is -3.74. The van der Waals surface area contributed by atoms with Crippen molar-refractivity contribution in [3.8, 4) is 22.8 Å². The summed E-state index contributed by atoms with van der Waals surface area (Å²) in [6, 6.07) is 17.2. The molecule has 1 N–H and O–H groups in total. The average Bonchev–Trinajstić information content (AvgIpc) is 3.31. The highest BCUT2D eigenvalue weighted by molar-refractivity contribution is 5.90. The van der Waals surface area contributed by atoms with E-state index in [1.807, 2.05) is 54.8 Å². The summed E-state index contributed by atoms with van der Waals surface area (Å²) in [5, 5.41) is 6.83. The van der Waals surface area contributed by atoms with Crippen LogP contribution in [0.15, 0.2) is 65.2 Å². The van der Waals surface area contributed by atoms with Gasteiger partial charge in [-0.3, -0.25) is 4.79 Å². The van der Waals surface area contributed by atoms with E-state index in [0.29, 0.717) is 17.4 Å². The van der Waals surface area contributed by atoms with Crippen molar-refractivity contribution in [3.63, 3.8) is 0 Å². The summed E-state index contributed by atoms with van der Waals surface area (Å²) in [6.07, 6.45) is 0. The molecule has 146 valence electrons. The van der Waals surface area contributed by atoms with Gasteiger partial charge in [0.25, 0.3) is 5.89 Å². The standard InChI is InChI=1S/C22H19FN4O2/c1-14-12-19(22-25-21(26-29-22)16-6-4-3-5-7-16)15(2)27(14)13-20(28)24-18-10-8-17(23)9-11-18/h3-12H,13H2,1-2H3,(H,24,28). The summed E-state index contributed by atoms with van der Waals surface area (Å²) in [5.41, 5.74) is 3.94. The lowest BCUT2D eigenvalue weighted by Crippen LogP contribution is -2.20. The van der Waals surface area contributed by atoms with E-state index < -0.39 is 0 Å². The van der Waals surface area contributed by atoms with Gasteiger partial charge in [-0.25, -0.2) is 4.39 Å². The molecule has 0 fully saturated rings. The number of rotatable bonds is 5. The highest BCUT2D eigenvalue weighted by Crippen LogP contribution is 2.27. The molecule has 2 aromatic carbocycles. The van der Waals surface area contributed by atoms with E-state index in [-0.39, 0.29) is 18.3 Å². The fourth-order valence-electron chi connectivity index (χ4n) is 3.18. The molecule has 2 heterocycles. The van der Waals surface area contributed by atoms with Crippen molar-refractivity contribution in [2.24, 2.45) is 0 Å². The number of hydrogen-bond donors (Lipinski definition) is 1. The maximum Gasteiger partial charge on any atom is 0.260 e. The molecule has 7 heteroatoms. The third-order valence-electron chi connectivity index (χ3n) is 4.69. The number of hydrogen-bond acceptors (Lipinski definition) is 4. The van der Waals surface area contributed by atoms with Gasteiger partial charge < -0.3 is 14.4 Å². The maximum atomic E-state index is 13.0. The molecule has 1 amide bonds. The number of benzene rings is 2. The zero-order chi connectivity index (χ0) is 20.4. The van der Waals surface area contributed by atoms with Crippen LogP contribution in [0, 0.1) is 19.7 Å². The molecule has 29 heavy (non-hydrogen) atoms. The lowest BCUT2D eigenvalue weighted by molar-refractivity contribution is -0.116. The zero-order valence-electron chi connectivity index (χ0n) is 16.0. The van der Waals surface area contributed by atoms with Crippen molar-refractivity contribution in [3.05, 3.63) is 77.9 Å². The molecule has 4 aromatic rings. The molecule has 4 rings (SSSR count). The van der Waals surface area contributed by atoms with Gasteiger partial charge in [-0.15, -0.1) is 0 Å². The first-order valence-corrected chi connectivity index (χ1v) is 9.13. The molecule has 2 aromatic heterocycles. The van der Waals surface area contributed by atoms with Gasteiger partial charge in [0.1, 0.15) is 12.4 Å². The highest BCUT2D eigenvalue weighted by Gasteiger charge is 2.18. The largest absolute Gasteiger partial charge is 0.339 e. The molecule has 0 aliphatic rings. The monoisotopic (exact) mass is 390 g/mol. The summed E-state index contributed by atoms with van der Waals surface area (Å²) >= 11 is 0. The normalized spacial score (nSPS) is 10.9. The molecule has 6 nitrogen and oxygen atoms in total.